The van der Waals surface area contributed by atoms with Gasteiger partial charge >= 0.3 is 0 Å². The minimum atomic E-state index is 0.648. The maximum Gasteiger partial charge on any atom is 0.164 e. The van der Waals surface area contributed by atoms with Crippen LogP contribution in [-0.4, -0.2) is 19.5 Å². The fraction of sp³-hybridized carbons (Fsp3) is 0. The predicted molar refractivity (Wildman–Crippen MR) is 260 cm³/mol. The third kappa shape index (κ3) is 6.26. The van der Waals surface area contributed by atoms with Crippen molar-refractivity contribution < 1.29 is 0 Å². The molecular weight excluding hydrogens is 773 g/mol. The van der Waals surface area contributed by atoms with E-state index in [0.29, 0.717) is 17.5 Å². The van der Waals surface area contributed by atoms with Gasteiger partial charge in [0, 0.05) is 53.3 Å². The molecule has 3 aromatic heterocycles. The molecule has 0 unspecified atom stereocenters. The molecule has 4 nitrogen and oxygen atoms in total. The average Bonchev–Trinajstić information content (AvgIpc) is 3.89. The van der Waals surface area contributed by atoms with Gasteiger partial charge in [-0.05, 0) is 81.9 Å². The highest BCUT2D eigenvalue weighted by Crippen LogP contribution is 2.42. The normalized spacial score (nSPS) is 11.5. The van der Waals surface area contributed by atoms with E-state index in [-0.39, 0.29) is 0 Å². The van der Waals surface area contributed by atoms with E-state index in [9.17, 15) is 0 Å². The van der Waals surface area contributed by atoms with E-state index in [2.05, 4.69) is 199 Å². The van der Waals surface area contributed by atoms with Crippen molar-refractivity contribution in [3.05, 3.63) is 218 Å². The molecule has 0 amide bonds. The van der Waals surface area contributed by atoms with Gasteiger partial charge in [0.05, 0.1) is 11.0 Å². The molecule has 0 radical (unpaired) electrons. The largest absolute Gasteiger partial charge is 0.309 e. The highest BCUT2D eigenvalue weighted by atomic mass is 32.1. The number of fused-ring (bicyclic) bond motifs is 6. The van der Waals surface area contributed by atoms with Crippen LogP contribution in [0.25, 0.3) is 115 Å². The number of thiophene rings is 1. The Morgan fingerprint density at radius 1 is 0.290 bits per heavy atom. The minimum Gasteiger partial charge on any atom is -0.309 e. The minimum absolute atomic E-state index is 0.648. The van der Waals surface area contributed by atoms with Gasteiger partial charge in [-0.15, -0.1) is 11.3 Å². The summed E-state index contributed by atoms with van der Waals surface area (Å²) in [4.78, 5) is 15.1. The first kappa shape index (κ1) is 35.9. The molecule has 12 rings (SSSR count). The smallest absolute Gasteiger partial charge is 0.164 e. The first-order valence-corrected chi connectivity index (χ1v) is 21.7. The Labute approximate surface area is 362 Å². The van der Waals surface area contributed by atoms with Crippen LogP contribution >= 0.6 is 11.3 Å². The van der Waals surface area contributed by atoms with Gasteiger partial charge in [0.1, 0.15) is 0 Å². The zero-order chi connectivity index (χ0) is 41.0. The van der Waals surface area contributed by atoms with Crippen LogP contribution in [0.1, 0.15) is 0 Å². The van der Waals surface area contributed by atoms with Crippen molar-refractivity contribution in [2.75, 3.05) is 0 Å². The van der Waals surface area contributed by atoms with Crippen LogP contribution in [0.5, 0.6) is 0 Å². The molecule has 0 atom stereocenters. The van der Waals surface area contributed by atoms with Crippen molar-refractivity contribution in [1.82, 2.24) is 19.5 Å². The van der Waals surface area contributed by atoms with Gasteiger partial charge in [0.15, 0.2) is 17.5 Å². The lowest BCUT2D eigenvalue weighted by molar-refractivity contribution is 1.07. The van der Waals surface area contributed by atoms with Crippen molar-refractivity contribution in [2.45, 2.75) is 0 Å². The van der Waals surface area contributed by atoms with Crippen molar-refractivity contribution in [3.63, 3.8) is 0 Å². The van der Waals surface area contributed by atoms with E-state index in [1.807, 2.05) is 24.3 Å². The van der Waals surface area contributed by atoms with Gasteiger partial charge in [-0.2, -0.15) is 0 Å². The molecule has 0 aliphatic carbocycles. The van der Waals surface area contributed by atoms with Crippen LogP contribution in [0.3, 0.4) is 0 Å². The van der Waals surface area contributed by atoms with Gasteiger partial charge in [0.2, 0.25) is 0 Å². The number of hydrogen-bond donors (Lipinski definition) is 0. The lowest BCUT2D eigenvalue weighted by atomic mass is 9.93. The van der Waals surface area contributed by atoms with Gasteiger partial charge in [-0.3, -0.25) is 0 Å². The van der Waals surface area contributed by atoms with Crippen LogP contribution < -0.4 is 0 Å². The summed E-state index contributed by atoms with van der Waals surface area (Å²) in [6.07, 6.45) is 0. The highest BCUT2D eigenvalue weighted by Gasteiger charge is 2.17. The molecule has 0 saturated heterocycles. The van der Waals surface area contributed by atoms with Gasteiger partial charge < -0.3 is 4.57 Å². The van der Waals surface area contributed by atoms with E-state index in [0.717, 1.165) is 27.9 Å². The second kappa shape index (κ2) is 14.9. The Bertz CT molecular complexity index is 3610. The van der Waals surface area contributed by atoms with E-state index in [1.165, 1.54) is 69.8 Å². The van der Waals surface area contributed by atoms with E-state index >= 15 is 0 Å². The second-order valence-electron chi connectivity index (χ2n) is 15.6. The van der Waals surface area contributed by atoms with Gasteiger partial charge in [0.25, 0.3) is 0 Å². The number of rotatable bonds is 7. The number of nitrogens with zero attached hydrogens (tertiary/aromatic N) is 4. The maximum atomic E-state index is 5.09. The van der Waals surface area contributed by atoms with E-state index in [1.54, 1.807) is 11.3 Å². The topological polar surface area (TPSA) is 43.6 Å². The average molecular weight is 809 g/mol. The summed E-state index contributed by atoms with van der Waals surface area (Å²) < 4.78 is 4.81. The molecule has 0 spiro atoms. The van der Waals surface area contributed by atoms with Crippen molar-refractivity contribution in [2.24, 2.45) is 0 Å². The number of hydrogen-bond acceptors (Lipinski definition) is 4. The number of benzene rings is 9. The Kier molecular flexibility index (Phi) is 8.65. The summed E-state index contributed by atoms with van der Waals surface area (Å²) in [6, 6.07) is 77.6. The lowest BCUT2D eigenvalue weighted by Gasteiger charge is -2.12. The summed E-state index contributed by atoms with van der Waals surface area (Å²) in [5.74, 6) is 1.95. The summed E-state index contributed by atoms with van der Waals surface area (Å²) >= 11 is 1.81. The molecule has 0 aliphatic heterocycles. The van der Waals surface area contributed by atoms with Crippen molar-refractivity contribution >= 4 is 53.3 Å². The summed E-state index contributed by atoms with van der Waals surface area (Å²) in [5, 5.41) is 4.95. The van der Waals surface area contributed by atoms with Crippen LogP contribution in [0.15, 0.2) is 218 Å². The third-order valence-electron chi connectivity index (χ3n) is 11.9. The van der Waals surface area contributed by atoms with Crippen molar-refractivity contribution in [1.29, 1.82) is 0 Å². The zero-order valence-electron chi connectivity index (χ0n) is 33.5. The highest BCUT2D eigenvalue weighted by molar-refractivity contribution is 7.25. The summed E-state index contributed by atoms with van der Waals surface area (Å²) in [5.41, 5.74) is 13.6. The van der Waals surface area contributed by atoms with Crippen molar-refractivity contribution in [3.8, 4) is 73.2 Å². The summed E-state index contributed by atoms with van der Waals surface area (Å²) in [6.45, 7) is 0. The molecule has 5 heteroatoms. The molecule has 0 aliphatic rings. The SMILES string of the molecule is c1ccc(-c2ccc(-c3nc(-c4ccccc4)nc(-c4ccc5c(c4)sc4ccc(-c6ccccc6-c6ccc7c(c6)c6ccccc6n7-c6ccccc6)cc45)n3)cc2)cc1. The Hall–Kier alpha value is -7.99. The Morgan fingerprint density at radius 2 is 0.774 bits per heavy atom. The standard InChI is InChI=1S/C57H36N4S/c1-4-14-37(15-5-1)38-24-26-40(27-25-38)56-58-55(39-16-6-2-7-17-39)59-57(60-56)43-28-31-48-50-35-42(30-33-53(50)62-54(48)36-43)46-21-11-10-20-45(46)41-29-32-52-49(34-41)47-22-12-13-23-51(47)61(52)44-18-8-3-9-19-44/h1-36H. The summed E-state index contributed by atoms with van der Waals surface area (Å²) in [7, 11) is 0. The number of para-hydroxylation sites is 2. The second-order valence-corrected chi connectivity index (χ2v) is 16.7. The lowest BCUT2D eigenvalue weighted by Crippen LogP contribution is -2.00. The van der Waals surface area contributed by atoms with E-state index in [4.69, 9.17) is 15.0 Å². The Morgan fingerprint density at radius 3 is 1.48 bits per heavy atom. The molecule has 62 heavy (non-hydrogen) atoms. The monoisotopic (exact) mass is 808 g/mol. The van der Waals surface area contributed by atoms with Crippen LogP contribution in [0.2, 0.25) is 0 Å². The molecule has 0 bridgehead atoms. The van der Waals surface area contributed by atoms with Crippen LogP contribution in [-0.2, 0) is 0 Å². The predicted octanol–water partition coefficient (Wildman–Crippen LogP) is 15.3. The quantitative estimate of drug-likeness (QED) is 0.161. The molecule has 3 heterocycles. The Balaban J connectivity index is 0.928. The van der Waals surface area contributed by atoms with E-state index < -0.39 is 0 Å². The molecule has 12 aromatic rings. The first-order valence-electron chi connectivity index (χ1n) is 20.8. The maximum absolute atomic E-state index is 5.09. The zero-order valence-corrected chi connectivity index (χ0v) is 34.3. The van der Waals surface area contributed by atoms with Gasteiger partial charge in [-0.25, -0.2) is 15.0 Å². The molecule has 0 saturated carbocycles. The van der Waals surface area contributed by atoms with Crippen LogP contribution in [0.4, 0.5) is 0 Å². The fourth-order valence-electron chi connectivity index (χ4n) is 8.86. The van der Waals surface area contributed by atoms with Crippen LogP contribution in [0, 0.1) is 0 Å². The third-order valence-corrected chi connectivity index (χ3v) is 13.0. The molecular formula is C57H36N4S. The fourth-order valence-corrected chi connectivity index (χ4v) is 9.98. The number of aromatic nitrogens is 4. The van der Waals surface area contributed by atoms with Gasteiger partial charge in [-0.1, -0.05) is 170 Å². The first-order chi connectivity index (χ1) is 30.7. The molecule has 0 N–H and O–H groups in total. The molecule has 9 aromatic carbocycles. The molecule has 290 valence electrons. The molecule has 0 fully saturated rings.